The van der Waals surface area contributed by atoms with Crippen molar-refractivity contribution in [3.05, 3.63) is 35.9 Å². The van der Waals surface area contributed by atoms with Gasteiger partial charge in [0.1, 0.15) is 23.7 Å². The number of fused-ring (bicyclic) bond motifs is 1. The fourth-order valence-corrected chi connectivity index (χ4v) is 4.13. The van der Waals surface area contributed by atoms with Crippen LogP contribution in [-0.4, -0.2) is 75.6 Å². The number of ether oxygens (including phenoxy) is 2. The molecule has 1 aromatic rings. The number of hydrogen-bond acceptors (Lipinski definition) is 6. The third-order valence-electron chi connectivity index (χ3n) is 4.52. The van der Waals surface area contributed by atoms with Crippen molar-refractivity contribution < 1.29 is 42.0 Å². The highest BCUT2D eigenvalue weighted by Gasteiger charge is 2.58. The maximum atomic E-state index is 15.2. The highest BCUT2D eigenvalue weighted by Crippen LogP contribution is 2.42. The van der Waals surface area contributed by atoms with Gasteiger partial charge in [0, 0.05) is 7.05 Å². The first-order valence-electron chi connectivity index (χ1n) is 8.50. The van der Waals surface area contributed by atoms with E-state index in [0.717, 1.165) is 0 Å². The summed E-state index contributed by atoms with van der Waals surface area (Å²) in [5, 5.41) is 18.7. The van der Waals surface area contributed by atoms with Gasteiger partial charge in [-0.05, 0) is 5.56 Å². The van der Waals surface area contributed by atoms with E-state index in [0.29, 0.717) is 22.2 Å². The molecule has 0 bridgehead atoms. The van der Waals surface area contributed by atoms with Crippen molar-refractivity contribution in [2.45, 2.75) is 48.7 Å². The first-order valence-corrected chi connectivity index (χ1v) is 9.38. The molecule has 0 saturated carbocycles. The van der Waals surface area contributed by atoms with Crippen molar-refractivity contribution in [1.29, 1.82) is 0 Å². The number of carboxylic acid groups (broad SMARTS) is 1. The Morgan fingerprint density at radius 2 is 2.03 bits per heavy atom. The summed E-state index contributed by atoms with van der Waals surface area (Å²) < 4.78 is 65.3. The lowest BCUT2D eigenvalue weighted by Crippen LogP contribution is -2.60. The minimum Gasteiger partial charge on any atom is -0.465 e. The van der Waals surface area contributed by atoms with Gasteiger partial charge in [-0.2, -0.15) is 13.2 Å². The Balaban J connectivity index is 1.83. The molecule has 29 heavy (non-hydrogen) atoms. The monoisotopic (exact) mass is 438 g/mol. The third-order valence-corrected chi connectivity index (χ3v) is 5.73. The average Bonchev–Trinajstić information content (AvgIpc) is 3.10. The summed E-state index contributed by atoms with van der Waals surface area (Å²) in [7, 11) is 1.17. The lowest BCUT2D eigenvalue weighted by molar-refractivity contribution is -0.273. The smallest absolute Gasteiger partial charge is 0.417 e. The van der Waals surface area contributed by atoms with Crippen molar-refractivity contribution in [1.82, 2.24) is 4.90 Å². The molecule has 1 aromatic carbocycles. The van der Waals surface area contributed by atoms with Crippen molar-refractivity contribution >= 4 is 23.0 Å². The molecule has 2 aliphatic rings. The Morgan fingerprint density at radius 3 is 2.62 bits per heavy atom. The van der Waals surface area contributed by atoms with Gasteiger partial charge in [-0.3, -0.25) is 9.89 Å². The quantitative estimate of drug-likeness (QED) is 0.703. The Labute approximate surface area is 167 Å². The Kier molecular flexibility index (Phi) is 6.36. The molecule has 2 N–H and O–H groups in total. The van der Waals surface area contributed by atoms with Crippen molar-refractivity contribution in [2.24, 2.45) is 4.99 Å². The van der Waals surface area contributed by atoms with E-state index < -0.39 is 48.2 Å². The van der Waals surface area contributed by atoms with Crippen molar-refractivity contribution in [3.8, 4) is 0 Å². The summed E-state index contributed by atoms with van der Waals surface area (Å²) in [5.41, 5.74) is -0.627. The van der Waals surface area contributed by atoms with Gasteiger partial charge in [0.15, 0.2) is 17.4 Å². The molecule has 12 heteroatoms. The first kappa shape index (κ1) is 21.8. The molecule has 0 spiro atoms. The largest absolute Gasteiger partial charge is 0.465 e. The van der Waals surface area contributed by atoms with Gasteiger partial charge in [-0.25, -0.2) is 9.18 Å². The molecule has 7 nitrogen and oxygen atoms in total. The highest BCUT2D eigenvalue weighted by atomic mass is 32.2. The number of aliphatic hydroxyl groups excluding tert-OH is 1. The number of amides is 1. The van der Waals surface area contributed by atoms with Gasteiger partial charge >= 0.3 is 12.3 Å². The van der Waals surface area contributed by atoms with Crippen LogP contribution < -0.4 is 0 Å². The molecule has 0 aromatic heterocycles. The van der Waals surface area contributed by atoms with E-state index in [1.165, 1.54) is 7.05 Å². The fraction of sp³-hybridized carbons (Fsp3) is 0.529. The standard InChI is InChI=1S/C17H18F4N2O5S/c1-23(16(25)26)15-22-10-9(18)11(27-7-8-5-3-2-4-6-8)12(28-14(10)29-15)13(24)17(19,20)21/h2-6,9-14,24H,7H2,1H3,(H,25,26)/t9-,10+,11-,12-,13+,14+/m0/s1. The third kappa shape index (κ3) is 4.65. The normalized spacial score (nSPS) is 30.4. The minimum absolute atomic E-state index is 0.112. The summed E-state index contributed by atoms with van der Waals surface area (Å²) in [6, 6.07) is 7.14. The van der Waals surface area contributed by atoms with Gasteiger partial charge in [0.05, 0.1) is 6.61 Å². The lowest BCUT2D eigenvalue weighted by Gasteiger charge is -2.41. The van der Waals surface area contributed by atoms with E-state index in [4.69, 9.17) is 14.6 Å². The van der Waals surface area contributed by atoms with Gasteiger partial charge < -0.3 is 19.7 Å². The molecule has 1 amide bonds. The summed E-state index contributed by atoms with van der Waals surface area (Å²) in [5.74, 6) is 0. The molecular formula is C17H18F4N2O5S. The molecule has 0 unspecified atom stereocenters. The van der Waals surface area contributed by atoms with E-state index in [1.54, 1.807) is 30.3 Å². The number of benzene rings is 1. The van der Waals surface area contributed by atoms with Crippen LogP contribution in [0.5, 0.6) is 0 Å². The summed E-state index contributed by atoms with van der Waals surface area (Å²) in [6.45, 7) is -0.202. The number of thioether (sulfide) groups is 1. The molecular weight excluding hydrogens is 420 g/mol. The number of rotatable bonds is 4. The number of alkyl halides is 4. The number of nitrogens with zero attached hydrogens (tertiary/aromatic N) is 2. The van der Waals surface area contributed by atoms with E-state index in [9.17, 15) is 23.1 Å². The number of carbonyl (C=O) groups is 1. The maximum absolute atomic E-state index is 15.2. The van der Waals surface area contributed by atoms with Gasteiger partial charge in [0.2, 0.25) is 0 Å². The molecule has 160 valence electrons. The van der Waals surface area contributed by atoms with Crippen LogP contribution in [0.15, 0.2) is 35.3 Å². The van der Waals surface area contributed by atoms with Crippen molar-refractivity contribution in [2.75, 3.05) is 7.05 Å². The van der Waals surface area contributed by atoms with Crippen LogP contribution in [0.1, 0.15) is 5.56 Å². The zero-order valence-corrected chi connectivity index (χ0v) is 15.8. The van der Waals surface area contributed by atoms with Gasteiger partial charge in [-0.15, -0.1) is 0 Å². The summed E-state index contributed by atoms with van der Waals surface area (Å²) in [6.07, 6.45) is -15.2. The number of hydrogen-bond donors (Lipinski definition) is 2. The van der Waals surface area contributed by atoms with E-state index >= 15 is 4.39 Å². The van der Waals surface area contributed by atoms with Crippen LogP contribution in [0.2, 0.25) is 0 Å². The Hall–Kier alpha value is -1.89. The predicted molar refractivity (Wildman–Crippen MR) is 95.2 cm³/mol. The second kappa shape index (κ2) is 8.46. The van der Waals surface area contributed by atoms with E-state index in [-0.39, 0.29) is 11.8 Å². The second-order valence-corrected chi connectivity index (χ2v) is 7.59. The molecule has 1 fully saturated rings. The van der Waals surface area contributed by atoms with Crippen LogP contribution in [0.25, 0.3) is 0 Å². The van der Waals surface area contributed by atoms with Crippen molar-refractivity contribution in [3.63, 3.8) is 0 Å². The maximum Gasteiger partial charge on any atom is 0.417 e. The molecule has 2 aliphatic heterocycles. The topological polar surface area (TPSA) is 91.6 Å². The van der Waals surface area contributed by atoms with Crippen LogP contribution >= 0.6 is 11.8 Å². The Morgan fingerprint density at radius 1 is 1.38 bits per heavy atom. The van der Waals surface area contributed by atoms with Crippen LogP contribution in [0.4, 0.5) is 22.4 Å². The molecule has 2 heterocycles. The summed E-state index contributed by atoms with van der Waals surface area (Å²) in [4.78, 5) is 15.8. The first-order chi connectivity index (χ1) is 13.6. The zero-order chi connectivity index (χ0) is 21.3. The van der Waals surface area contributed by atoms with E-state index in [2.05, 4.69) is 4.99 Å². The number of halogens is 4. The molecule has 1 saturated heterocycles. The van der Waals surface area contributed by atoms with Crippen LogP contribution in [0.3, 0.4) is 0 Å². The predicted octanol–water partition coefficient (Wildman–Crippen LogP) is 2.64. The fourth-order valence-electron chi connectivity index (χ4n) is 2.97. The molecule has 3 rings (SSSR count). The van der Waals surface area contributed by atoms with Gasteiger partial charge in [0.25, 0.3) is 0 Å². The lowest BCUT2D eigenvalue weighted by atomic mass is 9.95. The highest BCUT2D eigenvalue weighted by molar-refractivity contribution is 8.14. The SMILES string of the molecule is CN(C(=O)O)C1=N[C@@H]2[C@H](F)[C@H](OCc3ccccc3)[C@@H]([C@@H](O)C(F)(F)F)O[C@@H]2S1. The summed E-state index contributed by atoms with van der Waals surface area (Å²) >= 11 is 0.682. The average molecular weight is 438 g/mol. The van der Waals surface area contributed by atoms with E-state index in [1.807, 2.05) is 0 Å². The molecule has 6 atom stereocenters. The van der Waals surface area contributed by atoms with Crippen LogP contribution in [0, 0.1) is 0 Å². The van der Waals surface area contributed by atoms with Crippen LogP contribution in [-0.2, 0) is 16.1 Å². The zero-order valence-electron chi connectivity index (χ0n) is 15.0. The number of aliphatic hydroxyl groups is 1. The Bertz CT molecular complexity index is 766. The second-order valence-electron chi connectivity index (χ2n) is 6.52. The number of amidine groups is 1. The molecule has 0 radical (unpaired) electrons. The number of aliphatic imine (C=N–C) groups is 1. The molecule has 0 aliphatic carbocycles. The minimum atomic E-state index is -5.06. The van der Waals surface area contributed by atoms with Gasteiger partial charge in [-0.1, -0.05) is 42.1 Å².